The fraction of sp³-hybridized carbons (Fsp3) is 0.450. The van der Waals surface area contributed by atoms with Gasteiger partial charge in [0.25, 0.3) is 0 Å². The normalized spacial score (nSPS) is 17.9. The van der Waals surface area contributed by atoms with Gasteiger partial charge in [-0.25, -0.2) is 0 Å². The van der Waals surface area contributed by atoms with Crippen molar-refractivity contribution in [1.29, 1.82) is 0 Å². The summed E-state index contributed by atoms with van der Waals surface area (Å²) in [6, 6.07) is 9.72. The van der Waals surface area contributed by atoms with Crippen LogP contribution in [0.2, 0.25) is 0 Å². The first-order valence-corrected chi connectivity index (χ1v) is 9.31. The van der Waals surface area contributed by atoms with Crippen LogP contribution < -0.4 is 5.73 Å². The second-order valence-corrected chi connectivity index (χ2v) is 7.12. The third-order valence-corrected chi connectivity index (χ3v) is 5.31. The maximum Gasteiger partial charge on any atom is 0.236 e. The van der Waals surface area contributed by atoms with Gasteiger partial charge in [-0.1, -0.05) is 30.3 Å². The Bertz CT molecular complexity index is 782. The van der Waals surface area contributed by atoms with Gasteiger partial charge in [0.2, 0.25) is 11.8 Å². The summed E-state index contributed by atoms with van der Waals surface area (Å²) in [5, 5.41) is 7.05. The average Bonchev–Trinajstić information content (AvgIpc) is 2.99. The lowest BCUT2D eigenvalue weighted by molar-refractivity contribution is -0.136. The predicted molar refractivity (Wildman–Crippen MR) is 103 cm³/mol. The van der Waals surface area contributed by atoms with Crippen molar-refractivity contribution in [1.82, 2.24) is 20.0 Å². The van der Waals surface area contributed by atoms with E-state index in [0.29, 0.717) is 26.1 Å². The fourth-order valence-electron chi connectivity index (χ4n) is 3.60. The molecule has 27 heavy (non-hydrogen) atoms. The molecular formula is C20H27N5O2. The summed E-state index contributed by atoms with van der Waals surface area (Å²) in [5.74, 6) is -0.368. The minimum absolute atomic E-state index is 0.0107. The summed E-state index contributed by atoms with van der Waals surface area (Å²) in [6.07, 6.45) is 1.15. The smallest absolute Gasteiger partial charge is 0.236 e. The van der Waals surface area contributed by atoms with Gasteiger partial charge in [-0.15, -0.1) is 0 Å². The molecule has 1 aliphatic rings. The molecule has 7 heteroatoms. The summed E-state index contributed by atoms with van der Waals surface area (Å²) in [7, 11) is 0. The molecule has 144 valence electrons. The van der Waals surface area contributed by atoms with E-state index in [1.807, 2.05) is 32.0 Å². The first-order valence-electron chi connectivity index (χ1n) is 9.31. The Balaban J connectivity index is 1.61. The number of nitrogens with zero attached hydrogens (tertiary/aromatic N) is 3. The monoisotopic (exact) mass is 369 g/mol. The Labute approximate surface area is 159 Å². The average molecular weight is 369 g/mol. The summed E-state index contributed by atoms with van der Waals surface area (Å²) in [6.45, 7) is 6.15. The zero-order valence-corrected chi connectivity index (χ0v) is 15.9. The molecule has 0 radical (unpaired) electrons. The lowest BCUT2D eigenvalue weighted by atomic mass is 10.1. The lowest BCUT2D eigenvalue weighted by Crippen LogP contribution is -2.59. The van der Waals surface area contributed by atoms with Crippen molar-refractivity contribution in [3.8, 4) is 0 Å². The van der Waals surface area contributed by atoms with Gasteiger partial charge in [0, 0.05) is 37.4 Å². The molecule has 1 atom stereocenters. The molecule has 0 unspecified atom stereocenters. The van der Waals surface area contributed by atoms with E-state index in [2.05, 4.69) is 27.2 Å². The Hall–Kier alpha value is -2.67. The molecule has 0 bridgehead atoms. The van der Waals surface area contributed by atoms with Gasteiger partial charge in [0.15, 0.2) is 0 Å². The molecule has 3 rings (SSSR count). The van der Waals surface area contributed by atoms with Crippen LogP contribution in [0.15, 0.2) is 30.3 Å². The zero-order chi connectivity index (χ0) is 19.4. The van der Waals surface area contributed by atoms with Crippen molar-refractivity contribution in [2.24, 2.45) is 5.73 Å². The van der Waals surface area contributed by atoms with E-state index in [9.17, 15) is 9.59 Å². The molecule has 1 aromatic heterocycles. The first-order chi connectivity index (χ1) is 13.0. The molecule has 2 aromatic rings. The summed E-state index contributed by atoms with van der Waals surface area (Å²) < 4.78 is 0. The molecule has 1 saturated heterocycles. The highest BCUT2D eigenvalue weighted by molar-refractivity contribution is 5.83. The van der Waals surface area contributed by atoms with E-state index in [1.165, 1.54) is 5.56 Å². The number of rotatable bonds is 6. The van der Waals surface area contributed by atoms with E-state index in [0.717, 1.165) is 29.9 Å². The third kappa shape index (κ3) is 4.54. The highest BCUT2D eigenvalue weighted by Gasteiger charge is 2.33. The Morgan fingerprint density at radius 2 is 1.96 bits per heavy atom. The van der Waals surface area contributed by atoms with Gasteiger partial charge in [0.1, 0.15) is 6.04 Å². The molecule has 1 aromatic carbocycles. The van der Waals surface area contributed by atoms with Crippen LogP contribution in [0.1, 0.15) is 22.5 Å². The Kier molecular flexibility index (Phi) is 5.91. The van der Waals surface area contributed by atoms with Gasteiger partial charge in [-0.2, -0.15) is 5.10 Å². The molecule has 7 nitrogen and oxygen atoms in total. The quantitative estimate of drug-likeness (QED) is 0.788. The number of H-pyrrole nitrogens is 1. The molecule has 0 spiro atoms. The van der Waals surface area contributed by atoms with E-state index in [4.69, 9.17) is 5.73 Å². The molecule has 1 aliphatic heterocycles. The molecule has 0 aliphatic carbocycles. The van der Waals surface area contributed by atoms with Gasteiger partial charge >= 0.3 is 0 Å². The number of aromatic amines is 1. The van der Waals surface area contributed by atoms with Crippen molar-refractivity contribution >= 4 is 11.8 Å². The van der Waals surface area contributed by atoms with Crippen LogP contribution in [-0.4, -0.2) is 64.0 Å². The standard InChI is InChI=1S/C20H27N5O2/c1-14-17(15(2)23-22-14)12-19(26)25-11-10-24(18(13-25)20(21)27)9-8-16-6-4-3-5-7-16/h3-7,18H,8-13H2,1-2H3,(H2,21,27)(H,22,23)/t18-/m1/s1. The van der Waals surface area contributed by atoms with Gasteiger partial charge in [-0.05, 0) is 25.8 Å². The van der Waals surface area contributed by atoms with Crippen LogP contribution in [0, 0.1) is 13.8 Å². The highest BCUT2D eigenvalue weighted by atomic mass is 16.2. The van der Waals surface area contributed by atoms with Crippen molar-refractivity contribution in [3.63, 3.8) is 0 Å². The number of aromatic nitrogens is 2. The first kappa shape index (κ1) is 19.1. The van der Waals surface area contributed by atoms with Crippen molar-refractivity contribution < 1.29 is 9.59 Å². The van der Waals surface area contributed by atoms with Crippen LogP contribution >= 0.6 is 0 Å². The largest absolute Gasteiger partial charge is 0.368 e. The SMILES string of the molecule is Cc1n[nH]c(C)c1CC(=O)N1CCN(CCc2ccccc2)[C@@H](C(N)=O)C1. The minimum Gasteiger partial charge on any atom is -0.368 e. The maximum atomic E-state index is 12.7. The number of carbonyl (C=O) groups excluding carboxylic acids is 2. The topological polar surface area (TPSA) is 95.3 Å². The molecule has 0 saturated carbocycles. The summed E-state index contributed by atoms with van der Waals surface area (Å²) in [4.78, 5) is 28.6. The number of hydrogen-bond acceptors (Lipinski definition) is 4. The fourth-order valence-corrected chi connectivity index (χ4v) is 3.60. The Morgan fingerprint density at radius 3 is 2.59 bits per heavy atom. The van der Waals surface area contributed by atoms with E-state index in [-0.39, 0.29) is 11.8 Å². The second-order valence-electron chi connectivity index (χ2n) is 7.12. The van der Waals surface area contributed by atoms with Crippen molar-refractivity contribution in [2.75, 3.05) is 26.2 Å². The summed E-state index contributed by atoms with van der Waals surface area (Å²) in [5.41, 5.74) is 9.55. The Morgan fingerprint density at radius 1 is 1.22 bits per heavy atom. The molecule has 2 heterocycles. The highest BCUT2D eigenvalue weighted by Crippen LogP contribution is 2.16. The molecule has 2 amide bonds. The van der Waals surface area contributed by atoms with Gasteiger partial charge in [0.05, 0.1) is 12.1 Å². The maximum absolute atomic E-state index is 12.7. The number of hydrogen-bond donors (Lipinski definition) is 2. The van der Waals surface area contributed by atoms with Gasteiger partial charge in [-0.3, -0.25) is 19.6 Å². The lowest BCUT2D eigenvalue weighted by Gasteiger charge is -2.40. The van der Waals surface area contributed by atoms with Crippen molar-refractivity contribution in [3.05, 3.63) is 52.8 Å². The number of piperazine rings is 1. The number of carbonyl (C=O) groups is 2. The number of primary amides is 1. The minimum atomic E-state index is -0.446. The van der Waals surface area contributed by atoms with Crippen LogP contribution in [0.4, 0.5) is 0 Å². The van der Waals surface area contributed by atoms with Crippen LogP contribution in [0.5, 0.6) is 0 Å². The van der Waals surface area contributed by atoms with E-state index in [1.54, 1.807) is 4.90 Å². The third-order valence-electron chi connectivity index (χ3n) is 5.31. The van der Waals surface area contributed by atoms with Gasteiger partial charge < -0.3 is 10.6 Å². The second kappa shape index (κ2) is 8.35. The van der Waals surface area contributed by atoms with Crippen LogP contribution in [0.25, 0.3) is 0 Å². The molecule has 3 N–H and O–H groups in total. The van der Waals surface area contributed by atoms with Crippen LogP contribution in [0.3, 0.4) is 0 Å². The number of amides is 2. The van der Waals surface area contributed by atoms with Crippen molar-refractivity contribution in [2.45, 2.75) is 32.7 Å². The number of aryl methyl sites for hydroxylation is 2. The van der Waals surface area contributed by atoms with Crippen LogP contribution in [-0.2, 0) is 22.4 Å². The number of nitrogens with one attached hydrogen (secondary N) is 1. The zero-order valence-electron chi connectivity index (χ0n) is 15.9. The predicted octanol–water partition coefficient (Wildman–Crippen LogP) is 0.810. The number of benzene rings is 1. The van der Waals surface area contributed by atoms with E-state index < -0.39 is 6.04 Å². The number of nitrogens with two attached hydrogens (primary N) is 1. The van der Waals surface area contributed by atoms with E-state index >= 15 is 0 Å². The molecule has 1 fully saturated rings. The summed E-state index contributed by atoms with van der Waals surface area (Å²) >= 11 is 0. The molecular weight excluding hydrogens is 342 g/mol.